The summed E-state index contributed by atoms with van der Waals surface area (Å²) < 4.78 is 2.68. The van der Waals surface area contributed by atoms with E-state index in [2.05, 4.69) is 23.7 Å². The Morgan fingerprint density at radius 2 is 1.83 bits per heavy atom. The molecule has 1 fully saturated rings. The number of rotatable bonds is 3. The van der Waals surface area contributed by atoms with Gasteiger partial charge in [0.1, 0.15) is 5.82 Å². The van der Waals surface area contributed by atoms with Crippen molar-refractivity contribution < 1.29 is 0 Å². The highest BCUT2D eigenvalue weighted by Gasteiger charge is 2.21. The van der Waals surface area contributed by atoms with Gasteiger partial charge >= 0.3 is 5.69 Å². The zero-order valence-electron chi connectivity index (χ0n) is 13.6. The summed E-state index contributed by atoms with van der Waals surface area (Å²) in [5, 5.41) is 0. The Hall–Kier alpha value is -2.44. The number of nitrogens with two attached hydrogens (primary N) is 1. The van der Waals surface area contributed by atoms with E-state index in [9.17, 15) is 9.59 Å². The molecule has 1 aromatic heterocycles. The van der Waals surface area contributed by atoms with Crippen molar-refractivity contribution in [3.63, 3.8) is 0 Å². The average molecular weight is 314 g/mol. The second-order valence-electron chi connectivity index (χ2n) is 5.50. The number of hydrogen-bond acceptors (Lipinski definition) is 4. The molecule has 1 aliphatic rings. The van der Waals surface area contributed by atoms with Gasteiger partial charge in [-0.15, -0.1) is 11.8 Å². The maximum absolute atomic E-state index is 12.7. The smallest absolute Gasteiger partial charge is 0.334 e. The van der Waals surface area contributed by atoms with Crippen molar-refractivity contribution in [1.82, 2.24) is 9.13 Å². The number of piperidine rings is 1. The first-order chi connectivity index (χ1) is 11.1. The van der Waals surface area contributed by atoms with E-state index in [1.54, 1.807) is 13.8 Å². The van der Waals surface area contributed by atoms with Crippen LogP contribution >= 0.6 is 0 Å². The van der Waals surface area contributed by atoms with Gasteiger partial charge in [0.25, 0.3) is 5.56 Å². The van der Waals surface area contributed by atoms with E-state index in [1.807, 2.05) is 4.90 Å². The molecule has 1 atom stereocenters. The quantitative estimate of drug-likeness (QED) is 0.796. The number of nitrogens with zero attached hydrogens (tertiary/aromatic N) is 3. The summed E-state index contributed by atoms with van der Waals surface area (Å²) in [6.45, 7) is 5.15. The summed E-state index contributed by atoms with van der Waals surface area (Å²) in [6.07, 6.45) is 1.90. The van der Waals surface area contributed by atoms with Gasteiger partial charge in [-0.1, -0.05) is 11.8 Å². The number of hydrogen-bond donors (Lipinski definition) is 1. The third-order valence-electron chi connectivity index (χ3n) is 3.87. The van der Waals surface area contributed by atoms with E-state index in [0.717, 1.165) is 24.0 Å². The molecule has 0 aromatic carbocycles. The van der Waals surface area contributed by atoms with Crippen LogP contribution in [0.4, 0.5) is 5.82 Å². The van der Waals surface area contributed by atoms with E-state index in [-0.39, 0.29) is 30.4 Å². The van der Waals surface area contributed by atoms with Crippen molar-refractivity contribution in [3.05, 3.63) is 26.9 Å². The molecule has 1 aromatic rings. The molecule has 6 heteroatoms. The van der Waals surface area contributed by atoms with Crippen molar-refractivity contribution in [3.8, 4) is 23.7 Å². The SMILES string of the molecule is CC#CCn1c(N2CCC[C@@H](N)C2)cc(=O)n(CC#CC)c1=O. The first kappa shape index (κ1) is 16.9. The molecule has 1 saturated heterocycles. The molecule has 2 rings (SSSR count). The van der Waals surface area contributed by atoms with E-state index in [1.165, 1.54) is 10.6 Å². The maximum Gasteiger partial charge on any atom is 0.334 e. The molecule has 1 aliphatic heterocycles. The Kier molecular flexibility index (Phi) is 5.67. The minimum Gasteiger partial charge on any atom is -0.356 e. The molecule has 0 unspecified atom stereocenters. The molecule has 0 amide bonds. The first-order valence-corrected chi connectivity index (χ1v) is 7.73. The van der Waals surface area contributed by atoms with E-state index >= 15 is 0 Å². The normalized spacial score (nSPS) is 17.0. The fourth-order valence-electron chi connectivity index (χ4n) is 2.69. The summed E-state index contributed by atoms with van der Waals surface area (Å²) in [4.78, 5) is 27.0. The van der Waals surface area contributed by atoms with Gasteiger partial charge in [-0.05, 0) is 26.7 Å². The van der Waals surface area contributed by atoms with Gasteiger partial charge in [-0.25, -0.2) is 9.36 Å². The average Bonchev–Trinajstić information content (AvgIpc) is 2.53. The van der Waals surface area contributed by atoms with Crippen LogP contribution < -0.4 is 21.9 Å². The Labute approximate surface area is 135 Å². The van der Waals surface area contributed by atoms with Crippen LogP contribution in [-0.4, -0.2) is 28.3 Å². The molecule has 0 spiro atoms. The largest absolute Gasteiger partial charge is 0.356 e. The summed E-state index contributed by atoms with van der Waals surface area (Å²) in [7, 11) is 0. The van der Waals surface area contributed by atoms with Crippen molar-refractivity contribution in [1.29, 1.82) is 0 Å². The van der Waals surface area contributed by atoms with Gasteiger partial charge in [-0.2, -0.15) is 0 Å². The van der Waals surface area contributed by atoms with Gasteiger partial charge in [-0.3, -0.25) is 9.36 Å². The van der Waals surface area contributed by atoms with Crippen LogP contribution in [0.25, 0.3) is 0 Å². The molecule has 6 nitrogen and oxygen atoms in total. The van der Waals surface area contributed by atoms with Gasteiger partial charge in [0, 0.05) is 25.2 Å². The fourth-order valence-corrected chi connectivity index (χ4v) is 2.69. The van der Waals surface area contributed by atoms with E-state index < -0.39 is 0 Å². The zero-order valence-corrected chi connectivity index (χ0v) is 13.6. The van der Waals surface area contributed by atoms with Crippen LogP contribution in [0.2, 0.25) is 0 Å². The Balaban J connectivity index is 2.54. The van der Waals surface area contributed by atoms with Crippen LogP contribution in [0.1, 0.15) is 26.7 Å². The third kappa shape index (κ3) is 3.85. The lowest BCUT2D eigenvalue weighted by atomic mass is 10.1. The summed E-state index contributed by atoms with van der Waals surface area (Å²) in [5.41, 5.74) is 5.31. The summed E-state index contributed by atoms with van der Waals surface area (Å²) >= 11 is 0. The fraction of sp³-hybridized carbons (Fsp3) is 0.529. The highest BCUT2D eigenvalue weighted by atomic mass is 16.2. The Bertz CT molecular complexity index is 798. The lowest BCUT2D eigenvalue weighted by molar-refractivity contribution is 0.492. The van der Waals surface area contributed by atoms with Crippen LogP contribution in [0.5, 0.6) is 0 Å². The number of anilines is 1. The van der Waals surface area contributed by atoms with Gasteiger partial charge < -0.3 is 10.6 Å². The highest BCUT2D eigenvalue weighted by Crippen LogP contribution is 2.16. The van der Waals surface area contributed by atoms with Crippen LogP contribution in [-0.2, 0) is 13.1 Å². The molecular formula is C17H22N4O2. The molecular weight excluding hydrogens is 292 g/mol. The molecule has 0 radical (unpaired) electrons. The predicted octanol–water partition coefficient (Wildman–Crippen LogP) is -0.0159. The molecule has 23 heavy (non-hydrogen) atoms. The van der Waals surface area contributed by atoms with E-state index in [0.29, 0.717) is 12.4 Å². The first-order valence-electron chi connectivity index (χ1n) is 7.73. The monoisotopic (exact) mass is 314 g/mol. The Morgan fingerprint density at radius 3 is 2.43 bits per heavy atom. The van der Waals surface area contributed by atoms with E-state index in [4.69, 9.17) is 5.73 Å². The third-order valence-corrected chi connectivity index (χ3v) is 3.87. The topological polar surface area (TPSA) is 73.3 Å². The summed E-state index contributed by atoms with van der Waals surface area (Å²) in [5.74, 6) is 11.8. The van der Waals surface area contributed by atoms with Crippen molar-refractivity contribution in [2.75, 3.05) is 18.0 Å². The molecule has 2 heterocycles. The molecule has 0 aliphatic carbocycles. The lowest BCUT2D eigenvalue weighted by Gasteiger charge is -2.33. The van der Waals surface area contributed by atoms with Crippen molar-refractivity contribution in [2.45, 2.75) is 45.8 Å². The molecule has 0 bridgehead atoms. The van der Waals surface area contributed by atoms with Gasteiger partial charge in [0.05, 0.1) is 13.1 Å². The minimum atomic E-state index is -0.378. The van der Waals surface area contributed by atoms with Crippen LogP contribution in [0.15, 0.2) is 15.7 Å². The Morgan fingerprint density at radius 1 is 1.17 bits per heavy atom. The second-order valence-corrected chi connectivity index (χ2v) is 5.50. The molecule has 0 saturated carbocycles. The number of aromatic nitrogens is 2. The predicted molar refractivity (Wildman–Crippen MR) is 91.3 cm³/mol. The van der Waals surface area contributed by atoms with Gasteiger partial charge in [0.15, 0.2) is 0 Å². The van der Waals surface area contributed by atoms with Crippen LogP contribution in [0.3, 0.4) is 0 Å². The van der Waals surface area contributed by atoms with Crippen molar-refractivity contribution in [2.24, 2.45) is 5.73 Å². The zero-order chi connectivity index (χ0) is 16.8. The molecule has 122 valence electrons. The molecule has 2 N–H and O–H groups in total. The van der Waals surface area contributed by atoms with Crippen LogP contribution in [0, 0.1) is 23.7 Å². The second kappa shape index (κ2) is 7.71. The maximum atomic E-state index is 12.7. The minimum absolute atomic E-state index is 0.0537. The highest BCUT2D eigenvalue weighted by molar-refractivity contribution is 5.40. The summed E-state index contributed by atoms with van der Waals surface area (Å²) in [6, 6.07) is 1.55. The van der Waals surface area contributed by atoms with Gasteiger partial charge in [0.2, 0.25) is 0 Å². The van der Waals surface area contributed by atoms with Crippen molar-refractivity contribution >= 4 is 5.82 Å². The lowest BCUT2D eigenvalue weighted by Crippen LogP contribution is -2.48. The standard InChI is InChI=1S/C17H22N4O2/c1-3-5-10-20-15(19-9-7-8-14(18)13-19)12-16(22)21(17(20)23)11-6-4-2/h12,14H,7-11,13,18H2,1-2H3/t14-/m1/s1.